The zero-order valence-corrected chi connectivity index (χ0v) is 7.60. The van der Waals surface area contributed by atoms with Crippen molar-refractivity contribution >= 4 is 6.09 Å². The van der Waals surface area contributed by atoms with E-state index in [2.05, 4.69) is 5.32 Å². The van der Waals surface area contributed by atoms with Gasteiger partial charge in [-0.3, -0.25) is 0 Å². The standard InChI is InChI=1S/C10H11NO3/c12-10-11-8(7-14-10)6-13-9-4-2-1-3-5-9/h1-5,8H,6-7H2,(H,11,12). The Morgan fingerprint density at radius 1 is 1.43 bits per heavy atom. The number of ether oxygens (including phenoxy) is 2. The topological polar surface area (TPSA) is 47.6 Å². The van der Waals surface area contributed by atoms with E-state index in [-0.39, 0.29) is 12.1 Å². The molecule has 1 aromatic carbocycles. The largest absolute Gasteiger partial charge is 0.491 e. The maximum Gasteiger partial charge on any atom is 0.407 e. The van der Waals surface area contributed by atoms with Crippen molar-refractivity contribution in [1.82, 2.24) is 5.32 Å². The van der Waals surface area contributed by atoms with E-state index in [0.717, 1.165) is 5.75 Å². The van der Waals surface area contributed by atoms with Crippen molar-refractivity contribution in [3.05, 3.63) is 30.3 Å². The fourth-order valence-corrected chi connectivity index (χ4v) is 1.23. The monoisotopic (exact) mass is 193 g/mol. The summed E-state index contributed by atoms with van der Waals surface area (Å²) < 4.78 is 10.2. The molecule has 14 heavy (non-hydrogen) atoms. The average Bonchev–Trinajstić information content (AvgIpc) is 2.63. The summed E-state index contributed by atoms with van der Waals surface area (Å²) in [6, 6.07) is 9.43. The third-order valence-corrected chi connectivity index (χ3v) is 1.93. The molecule has 1 aliphatic heterocycles. The molecule has 4 nitrogen and oxygen atoms in total. The van der Waals surface area contributed by atoms with Gasteiger partial charge in [-0.15, -0.1) is 0 Å². The minimum atomic E-state index is -0.369. The van der Waals surface area contributed by atoms with Crippen LogP contribution in [0.4, 0.5) is 4.79 Å². The molecule has 1 amide bonds. The average molecular weight is 193 g/mol. The molecular formula is C10H11NO3. The number of carbonyl (C=O) groups is 1. The second kappa shape index (κ2) is 4.00. The molecule has 1 N–H and O–H groups in total. The van der Waals surface area contributed by atoms with Gasteiger partial charge in [-0.05, 0) is 12.1 Å². The highest BCUT2D eigenvalue weighted by Gasteiger charge is 2.22. The number of hydrogen-bond donors (Lipinski definition) is 1. The van der Waals surface area contributed by atoms with Crippen molar-refractivity contribution in [3.8, 4) is 5.75 Å². The Labute approximate surface area is 81.8 Å². The van der Waals surface area contributed by atoms with Crippen molar-refractivity contribution in [2.75, 3.05) is 13.2 Å². The van der Waals surface area contributed by atoms with Gasteiger partial charge >= 0.3 is 6.09 Å². The summed E-state index contributed by atoms with van der Waals surface area (Å²) in [7, 11) is 0. The van der Waals surface area contributed by atoms with Crippen molar-refractivity contribution in [1.29, 1.82) is 0 Å². The molecule has 2 rings (SSSR count). The first-order chi connectivity index (χ1) is 6.84. The molecule has 1 atom stereocenters. The smallest absolute Gasteiger partial charge is 0.407 e. The van der Waals surface area contributed by atoms with Gasteiger partial charge in [0.2, 0.25) is 0 Å². The number of amides is 1. The highest BCUT2D eigenvalue weighted by Crippen LogP contribution is 2.09. The number of rotatable bonds is 3. The summed E-state index contributed by atoms with van der Waals surface area (Å²) >= 11 is 0. The SMILES string of the molecule is O=C1NC(COc2ccccc2)CO1. The Morgan fingerprint density at radius 2 is 2.21 bits per heavy atom. The Balaban J connectivity index is 1.80. The number of hydrogen-bond acceptors (Lipinski definition) is 3. The van der Waals surface area contributed by atoms with Gasteiger partial charge in [0, 0.05) is 0 Å². The third-order valence-electron chi connectivity index (χ3n) is 1.93. The van der Waals surface area contributed by atoms with Crippen molar-refractivity contribution in [2.24, 2.45) is 0 Å². The van der Waals surface area contributed by atoms with Crippen LogP contribution in [0.25, 0.3) is 0 Å². The second-order valence-corrected chi connectivity index (χ2v) is 3.06. The number of nitrogens with one attached hydrogen (secondary N) is 1. The summed E-state index contributed by atoms with van der Waals surface area (Å²) in [4.78, 5) is 10.7. The first-order valence-corrected chi connectivity index (χ1v) is 4.46. The maximum absolute atomic E-state index is 10.7. The van der Waals surface area contributed by atoms with Crippen LogP contribution in [-0.4, -0.2) is 25.3 Å². The summed E-state index contributed by atoms with van der Waals surface area (Å²) in [5.41, 5.74) is 0. The Morgan fingerprint density at radius 3 is 2.86 bits per heavy atom. The van der Waals surface area contributed by atoms with Gasteiger partial charge in [-0.25, -0.2) is 4.79 Å². The van der Waals surface area contributed by atoms with Crippen molar-refractivity contribution < 1.29 is 14.3 Å². The lowest BCUT2D eigenvalue weighted by Gasteiger charge is -2.09. The molecule has 1 saturated heterocycles. The highest BCUT2D eigenvalue weighted by molar-refractivity contribution is 5.69. The lowest BCUT2D eigenvalue weighted by molar-refractivity contribution is 0.174. The maximum atomic E-state index is 10.7. The molecule has 1 aromatic rings. The molecule has 0 spiro atoms. The number of benzene rings is 1. The molecule has 0 saturated carbocycles. The molecule has 1 heterocycles. The van der Waals surface area contributed by atoms with Crippen LogP contribution in [0.3, 0.4) is 0 Å². The molecule has 74 valence electrons. The Bertz CT molecular complexity index is 312. The highest BCUT2D eigenvalue weighted by atomic mass is 16.6. The minimum absolute atomic E-state index is 0.0392. The summed E-state index contributed by atoms with van der Waals surface area (Å²) in [6.45, 7) is 0.821. The van der Waals surface area contributed by atoms with Gasteiger partial charge in [0.25, 0.3) is 0 Å². The van der Waals surface area contributed by atoms with Crippen LogP contribution in [0.1, 0.15) is 0 Å². The molecule has 0 aromatic heterocycles. The van der Waals surface area contributed by atoms with Crippen LogP contribution < -0.4 is 10.1 Å². The van der Waals surface area contributed by atoms with E-state index in [9.17, 15) is 4.79 Å². The molecule has 0 radical (unpaired) electrons. The summed E-state index contributed by atoms with van der Waals surface area (Å²) in [5.74, 6) is 0.800. The molecule has 4 heteroatoms. The molecule has 0 aliphatic carbocycles. The van der Waals surface area contributed by atoms with Gasteiger partial charge in [0.05, 0.1) is 0 Å². The molecule has 1 aliphatic rings. The van der Waals surface area contributed by atoms with E-state index in [1.165, 1.54) is 0 Å². The molecule has 0 bridgehead atoms. The number of cyclic esters (lactones) is 1. The van der Waals surface area contributed by atoms with Crippen molar-refractivity contribution in [2.45, 2.75) is 6.04 Å². The number of alkyl carbamates (subject to hydrolysis) is 1. The normalized spacial score (nSPS) is 20.0. The first kappa shape index (κ1) is 8.87. The second-order valence-electron chi connectivity index (χ2n) is 3.06. The molecular weight excluding hydrogens is 182 g/mol. The van der Waals surface area contributed by atoms with Crippen molar-refractivity contribution in [3.63, 3.8) is 0 Å². The third kappa shape index (κ3) is 2.16. The van der Waals surface area contributed by atoms with Crippen LogP contribution in [0.15, 0.2) is 30.3 Å². The quantitative estimate of drug-likeness (QED) is 0.784. The lowest BCUT2D eigenvalue weighted by atomic mass is 10.3. The van der Waals surface area contributed by atoms with E-state index in [0.29, 0.717) is 13.2 Å². The van der Waals surface area contributed by atoms with Crippen LogP contribution in [0.5, 0.6) is 5.75 Å². The summed E-state index contributed by atoms with van der Waals surface area (Å²) in [5, 5.41) is 2.64. The van der Waals surface area contributed by atoms with E-state index < -0.39 is 0 Å². The lowest BCUT2D eigenvalue weighted by Crippen LogP contribution is -2.32. The molecule has 1 unspecified atom stereocenters. The van der Waals surface area contributed by atoms with E-state index in [4.69, 9.17) is 9.47 Å². The number of carbonyl (C=O) groups excluding carboxylic acids is 1. The molecule has 1 fully saturated rings. The van der Waals surface area contributed by atoms with Crippen LogP contribution >= 0.6 is 0 Å². The zero-order valence-electron chi connectivity index (χ0n) is 7.60. The minimum Gasteiger partial charge on any atom is -0.491 e. The fourth-order valence-electron chi connectivity index (χ4n) is 1.23. The van der Waals surface area contributed by atoms with Crippen LogP contribution in [0, 0.1) is 0 Å². The predicted molar refractivity (Wildman–Crippen MR) is 50.2 cm³/mol. The van der Waals surface area contributed by atoms with Crippen LogP contribution in [-0.2, 0) is 4.74 Å². The number of para-hydroxylation sites is 1. The first-order valence-electron chi connectivity index (χ1n) is 4.46. The summed E-state index contributed by atoms with van der Waals surface area (Å²) in [6.07, 6.45) is -0.369. The Hall–Kier alpha value is -1.71. The predicted octanol–water partition coefficient (Wildman–Crippen LogP) is 1.17. The van der Waals surface area contributed by atoms with E-state index >= 15 is 0 Å². The van der Waals surface area contributed by atoms with Gasteiger partial charge < -0.3 is 14.8 Å². The van der Waals surface area contributed by atoms with Crippen LogP contribution in [0.2, 0.25) is 0 Å². The van der Waals surface area contributed by atoms with E-state index in [1.807, 2.05) is 30.3 Å². The van der Waals surface area contributed by atoms with E-state index in [1.54, 1.807) is 0 Å². The fraction of sp³-hybridized carbons (Fsp3) is 0.300. The zero-order chi connectivity index (χ0) is 9.80. The van der Waals surface area contributed by atoms with Gasteiger partial charge in [-0.1, -0.05) is 18.2 Å². The van der Waals surface area contributed by atoms with Gasteiger partial charge in [0.1, 0.15) is 25.0 Å². The van der Waals surface area contributed by atoms with Gasteiger partial charge in [-0.2, -0.15) is 0 Å². The Kier molecular flexibility index (Phi) is 2.53. The van der Waals surface area contributed by atoms with Gasteiger partial charge in [0.15, 0.2) is 0 Å².